The standard InChI is InChI=1S/C16H12F2N2O5/c1-9-11(3-2-4-14(9)20(23)24)16(22)25-8-15(21)19-13-6-5-10(17)7-12(13)18/h2-7H,8H2,1H3,(H,19,21). The van der Waals surface area contributed by atoms with Crippen molar-refractivity contribution in [3.8, 4) is 0 Å². The van der Waals surface area contributed by atoms with Crippen LogP contribution in [0.5, 0.6) is 0 Å². The molecule has 0 radical (unpaired) electrons. The van der Waals surface area contributed by atoms with E-state index in [1.165, 1.54) is 25.1 Å². The van der Waals surface area contributed by atoms with Crippen LogP contribution in [0, 0.1) is 28.7 Å². The van der Waals surface area contributed by atoms with Crippen LogP contribution in [0.2, 0.25) is 0 Å². The summed E-state index contributed by atoms with van der Waals surface area (Å²) in [5.41, 5.74) is -0.487. The normalized spacial score (nSPS) is 10.2. The molecule has 25 heavy (non-hydrogen) atoms. The van der Waals surface area contributed by atoms with Gasteiger partial charge in [0, 0.05) is 17.7 Å². The van der Waals surface area contributed by atoms with E-state index in [-0.39, 0.29) is 22.5 Å². The monoisotopic (exact) mass is 350 g/mol. The van der Waals surface area contributed by atoms with E-state index < -0.39 is 35.0 Å². The second-order valence-corrected chi connectivity index (χ2v) is 4.96. The summed E-state index contributed by atoms with van der Waals surface area (Å²) in [6.45, 7) is 0.639. The summed E-state index contributed by atoms with van der Waals surface area (Å²) in [6, 6.07) is 6.44. The van der Waals surface area contributed by atoms with Crippen LogP contribution in [0.1, 0.15) is 15.9 Å². The fraction of sp³-hybridized carbons (Fsp3) is 0.125. The molecule has 0 saturated heterocycles. The number of carbonyl (C=O) groups excluding carboxylic acids is 2. The number of amides is 1. The molecule has 1 N–H and O–H groups in total. The number of nitro benzene ring substituents is 1. The predicted molar refractivity (Wildman–Crippen MR) is 83.1 cm³/mol. The lowest BCUT2D eigenvalue weighted by atomic mass is 10.1. The number of rotatable bonds is 5. The third-order valence-electron chi connectivity index (χ3n) is 3.26. The fourth-order valence-electron chi connectivity index (χ4n) is 2.03. The highest BCUT2D eigenvalue weighted by Crippen LogP contribution is 2.21. The molecule has 2 aromatic carbocycles. The number of hydrogen-bond acceptors (Lipinski definition) is 5. The van der Waals surface area contributed by atoms with Crippen LogP contribution in [-0.4, -0.2) is 23.4 Å². The molecule has 0 bridgehead atoms. The van der Waals surface area contributed by atoms with E-state index in [4.69, 9.17) is 4.74 Å². The average molecular weight is 350 g/mol. The Hall–Kier alpha value is -3.36. The molecule has 0 aliphatic heterocycles. The number of nitrogens with zero attached hydrogens (tertiary/aromatic N) is 1. The van der Waals surface area contributed by atoms with E-state index in [0.717, 1.165) is 12.1 Å². The van der Waals surface area contributed by atoms with Gasteiger partial charge in [-0.25, -0.2) is 13.6 Å². The lowest BCUT2D eigenvalue weighted by molar-refractivity contribution is -0.385. The van der Waals surface area contributed by atoms with Crippen LogP contribution in [0.25, 0.3) is 0 Å². The maximum absolute atomic E-state index is 13.4. The Morgan fingerprint density at radius 2 is 1.96 bits per heavy atom. The van der Waals surface area contributed by atoms with Gasteiger partial charge in [0.2, 0.25) is 0 Å². The Morgan fingerprint density at radius 3 is 2.60 bits per heavy atom. The molecule has 0 aromatic heterocycles. The molecule has 2 aromatic rings. The SMILES string of the molecule is Cc1c(C(=O)OCC(=O)Nc2ccc(F)cc2F)cccc1[N+](=O)[O-]. The highest BCUT2D eigenvalue weighted by atomic mass is 19.1. The van der Waals surface area contributed by atoms with Crippen molar-refractivity contribution >= 4 is 23.3 Å². The topological polar surface area (TPSA) is 98.5 Å². The molecule has 0 fully saturated rings. The van der Waals surface area contributed by atoms with Crippen LogP contribution >= 0.6 is 0 Å². The Labute approximate surface area is 140 Å². The summed E-state index contributed by atoms with van der Waals surface area (Å²) < 4.78 is 31.0. The molecule has 0 atom stereocenters. The maximum Gasteiger partial charge on any atom is 0.339 e. The molecule has 0 saturated carbocycles. The second kappa shape index (κ2) is 7.47. The number of hydrogen-bond donors (Lipinski definition) is 1. The number of ether oxygens (including phenoxy) is 1. The molecule has 1 amide bonds. The van der Waals surface area contributed by atoms with Crippen molar-refractivity contribution < 1.29 is 28.0 Å². The average Bonchev–Trinajstić information content (AvgIpc) is 2.55. The zero-order valence-corrected chi connectivity index (χ0v) is 12.9. The Bertz CT molecular complexity index is 854. The number of esters is 1. The molecule has 0 aliphatic carbocycles. The molecule has 0 unspecified atom stereocenters. The smallest absolute Gasteiger partial charge is 0.339 e. The van der Waals surface area contributed by atoms with Gasteiger partial charge >= 0.3 is 5.97 Å². The summed E-state index contributed by atoms with van der Waals surface area (Å²) in [5, 5.41) is 13.0. The quantitative estimate of drug-likeness (QED) is 0.508. The van der Waals surface area contributed by atoms with E-state index >= 15 is 0 Å². The van der Waals surface area contributed by atoms with Gasteiger partial charge in [0.1, 0.15) is 11.6 Å². The van der Waals surface area contributed by atoms with Crippen LogP contribution in [0.15, 0.2) is 36.4 Å². The largest absolute Gasteiger partial charge is 0.452 e. The van der Waals surface area contributed by atoms with Crippen molar-refractivity contribution in [1.82, 2.24) is 0 Å². The number of nitro groups is 1. The summed E-state index contributed by atoms with van der Waals surface area (Å²) >= 11 is 0. The summed E-state index contributed by atoms with van der Waals surface area (Å²) in [7, 11) is 0. The zero-order valence-electron chi connectivity index (χ0n) is 12.9. The minimum atomic E-state index is -0.978. The maximum atomic E-state index is 13.4. The van der Waals surface area contributed by atoms with Crippen molar-refractivity contribution in [2.75, 3.05) is 11.9 Å². The van der Waals surface area contributed by atoms with E-state index in [0.29, 0.717) is 6.07 Å². The van der Waals surface area contributed by atoms with E-state index in [1.54, 1.807) is 0 Å². The molecule has 130 valence electrons. The number of halogens is 2. The Kier molecular flexibility index (Phi) is 5.38. The first-order valence-corrected chi connectivity index (χ1v) is 6.95. The van der Waals surface area contributed by atoms with Gasteiger partial charge in [0.25, 0.3) is 11.6 Å². The van der Waals surface area contributed by atoms with Gasteiger partial charge in [0.15, 0.2) is 6.61 Å². The van der Waals surface area contributed by atoms with Gasteiger partial charge < -0.3 is 10.1 Å². The Morgan fingerprint density at radius 1 is 1.24 bits per heavy atom. The number of nitrogens with one attached hydrogen (secondary N) is 1. The molecule has 0 heterocycles. The van der Waals surface area contributed by atoms with E-state index in [2.05, 4.69) is 5.32 Å². The van der Waals surface area contributed by atoms with Gasteiger partial charge in [-0.05, 0) is 25.1 Å². The second-order valence-electron chi connectivity index (χ2n) is 4.96. The number of carbonyl (C=O) groups is 2. The van der Waals surface area contributed by atoms with Crippen molar-refractivity contribution in [3.63, 3.8) is 0 Å². The van der Waals surface area contributed by atoms with Crippen LogP contribution in [0.3, 0.4) is 0 Å². The van der Waals surface area contributed by atoms with Crippen LogP contribution in [0.4, 0.5) is 20.2 Å². The zero-order chi connectivity index (χ0) is 18.6. The third kappa shape index (κ3) is 4.34. The van der Waals surface area contributed by atoms with Crippen LogP contribution in [-0.2, 0) is 9.53 Å². The lowest BCUT2D eigenvalue weighted by Gasteiger charge is -2.09. The molecule has 0 aliphatic rings. The first kappa shape index (κ1) is 18.0. The first-order chi connectivity index (χ1) is 11.8. The van der Waals surface area contributed by atoms with Gasteiger partial charge in [-0.15, -0.1) is 0 Å². The van der Waals surface area contributed by atoms with Gasteiger partial charge in [0.05, 0.1) is 16.2 Å². The summed E-state index contributed by atoms with van der Waals surface area (Å²) in [4.78, 5) is 33.9. The van der Waals surface area contributed by atoms with Crippen molar-refractivity contribution in [2.45, 2.75) is 6.92 Å². The third-order valence-corrected chi connectivity index (χ3v) is 3.26. The highest BCUT2D eigenvalue weighted by molar-refractivity contribution is 5.96. The van der Waals surface area contributed by atoms with E-state index in [9.17, 15) is 28.5 Å². The molecule has 7 nitrogen and oxygen atoms in total. The Balaban J connectivity index is 2.01. The van der Waals surface area contributed by atoms with Gasteiger partial charge in [-0.2, -0.15) is 0 Å². The first-order valence-electron chi connectivity index (χ1n) is 6.95. The number of benzene rings is 2. The molecular formula is C16H12F2N2O5. The van der Waals surface area contributed by atoms with E-state index in [1.807, 2.05) is 0 Å². The predicted octanol–water partition coefficient (Wildman–Crippen LogP) is 2.98. The molecular weight excluding hydrogens is 338 g/mol. The minimum Gasteiger partial charge on any atom is -0.452 e. The fourth-order valence-corrected chi connectivity index (χ4v) is 2.03. The molecule has 0 spiro atoms. The van der Waals surface area contributed by atoms with Gasteiger partial charge in [-0.1, -0.05) is 6.07 Å². The molecule has 2 rings (SSSR count). The van der Waals surface area contributed by atoms with Gasteiger partial charge in [-0.3, -0.25) is 14.9 Å². The summed E-state index contributed by atoms with van der Waals surface area (Å²) in [6.07, 6.45) is 0. The lowest BCUT2D eigenvalue weighted by Crippen LogP contribution is -2.22. The highest BCUT2D eigenvalue weighted by Gasteiger charge is 2.20. The summed E-state index contributed by atoms with van der Waals surface area (Å²) in [5.74, 6) is -3.56. The number of anilines is 1. The molecule has 9 heteroatoms. The van der Waals surface area contributed by atoms with Crippen LogP contribution < -0.4 is 5.32 Å². The van der Waals surface area contributed by atoms with Crippen molar-refractivity contribution in [1.29, 1.82) is 0 Å². The minimum absolute atomic E-state index is 0.0602. The van der Waals surface area contributed by atoms with Crippen molar-refractivity contribution in [3.05, 3.63) is 69.3 Å². The van der Waals surface area contributed by atoms with Crippen molar-refractivity contribution in [2.24, 2.45) is 0 Å².